The fourth-order valence-electron chi connectivity index (χ4n) is 2.97. The third kappa shape index (κ3) is 3.23. The summed E-state index contributed by atoms with van der Waals surface area (Å²) < 4.78 is 1.87. The first-order chi connectivity index (χ1) is 10.6. The van der Waals surface area contributed by atoms with Gasteiger partial charge in [0.2, 0.25) is 5.91 Å². The second-order valence-electron chi connectivity index (χ2n) is 5.78. The van der Waals surface area contributed by atoms with E-state index in [0.29, 0.717) is 6.54 Å². The highest BCUT2D eigenvalue weighted by atomic mass is 32.1. The Morgan fingerprint density at radius 3 is 2.86 bits per heavy atom. The topological polar surface area (TPSA) is 58.4 Å². The van der Waals surface area contributed by atoms with Gasteiger partial charge in [-0.05, 0) is 37.1 Å². The van der Waals surface area contributed by atoms with Crippen LogP contribution in [0.2, 0.25) is 0 Å². The number of rotatable bonds is 4. The molecule has 5 nitrogen and oxygen atoms in total. The van der Waals surface area contributed by atoms with E-state index in [0.717, 1.165) is 36.6 Å². The van der Waals surface area contributed by atoms with Crippen LogP contribution in [0.5, 0.6) is 0 Å². The Hall–Kier alpha value is -1.66. The summed E-state index contributed by atoms with van der Waals surface area (Å²) in [6.07, 6.45) is 4.86. The minimum absolute atomic E-state index is 0.130. The van der Waals surface area contributed by atoms with Crippen LogP contribution in [0.3, 0.4) is 0 Å². The van der Waals surface area contributed by atoms with Crippen molar-refractivity contribution in [1.29, 1.82) is 0 Å². The second kappa shape index (κ2) is 6.62. The average molecular weight is 319 g/mol. The number of hydrogen-bond acceptors (Lipinski definition) is 4. The van der Waals surface area contributed by atoms with Crippen LogP contribution < -0.4 is 0 Å². The minimum atomic E-state index is -0.395. The highest BCUT2D eigenvalue weighted by Gasteiger charge is 2.28. The molecule has 2 aromatic heterocycles. The number of aliphatic hydroxyl groups excluding tert-OH is 1. The predicted molar refractivity (Wildman–Crippen MR) is 85.5 cm³/mol. The highest BCUT2D eigenvalue weighted by Crippen LogP contribution is 2.32. The number of likely N-dealkylation sites (tertiary alicyclic amines) is 1. The van der Waals surface area contributed by atoms with Gasteiger partial charge < -0.3 is 14.6 Å². The zero-order valence-corrected chi connectivity index (χ0v) is 13.5. The maximum Gasteiger partial charge on any atom is 0.242 e. The van der Waals surface area contributed by atoms with Crippen LogP contribution >= 0.6 is 11.3 Å². The van der Waals surface area contributed by atoms with Crippen molar-refractivity contribution >= 4 is 17.2 Å². The number of carbonyl (C=O) groups excluding carboxylic acids is 1. The van der Waals surface area contributed by atoms with Gasteiger partial charge in [-0.25, -0.2) is 4.98 Å². The van der Waals surface area contributed by atoms with E-state index in [9.17, 15) is 9.90 Å². The Labute approximate surface area is 134 Å². The lowest BCUT2D eigenvalue weighted by Gasteiger charge is -2.34. The lowest BCUT2D eigenvalue weighted by Crippen LogP contribution is -2.41. The number of hydrogen-bond donors (Lipinski definition) is 1. The summed E-state index contributed by atoms with van der Waals surface area (Å²) in [5.74, 6) is 1.24. The maximum atomic E-state index is 12.3. The standard InChI is InChI=1S/C16H21N3O2S/c1-12-17-6-9-19(12)11-15(20)18-7-4-13(5-8-18)16(21)14-3-2-10-22-14/h2-3,6,9-10,13,16,21H,4-5,7-8,11H2,1H3. The normalized spacial score (nSPS) is 17.6. The number of aromatic nitrogens is 2. The van der Waals surface area contributed by atoms with Gasteiger partial charge in [-0.15, -0.1) is 11.3 Å². The Morgan fingerprint density at radius 1 is 1.50 bits per heavy atom. The molecule has 1 unspecified atom stereocenters. The number of aryl methyl sites for hydroxylation is 1. The van der Waals surface area contributed by atoms with Crippen molar-refractivity contribution in [3.8, 4) is 0 Å². The van der Waals surface area contributed by atoms with E-state index >= 15 is 0 Å². The van der Waals surface area contributed by atoms with Gasteiger partial charge in [0, 0.05) is 30.4 Å². The minimum Gasteiger partial charge on any atom is -0.387 e. The molecule has 0 aromatic carbocycles. The molecule has 1 aliphatic heterocycles. The Kier molecular flexibility index (Phi) is 4.59. The molecule has 0 aliphatic carbocycles. The number of amides is 1. The highest BCUT2D eigenvalue weighted by molar-refractivity contribution is 7.10. The van der Waals surface area contributed by atoms with E-state index in [4.69, 9.17) is 0 Å². The van der Waals surface area contributed by atoms with Gasteiger partial charge >= 0.3 is 0 Å². The number of aliphatic hydroxyl groups is 1. The summed E-state index contributed by atoms with van der Waals surface area (Å²) in [7, 11) is 0. The summed E-state index contributed by atoms with van der Waals surface area (Å²) in [5, 5.41) is 12.4. The van der Waals surface area contributed by atoms with Gasteiger partial charge in [0.05, 0.1) is 6.10 Å². The Bertz CT molecular complexity index is 615. The lowest BCUT2D eigenvalue weighted by molar-refractivity contribution is -0.133. The predicted octanol–water partition coefficient (Wildman–Crippen LogP) is 2.23. The fraction of sp³-hybridized carbons (Fsp3) is 0.500. The number of thiophene rings is 1. The maximum absolute atomic E-state index is 12.3. The lowest BCUT2D eigenvalue weighted by atomic mass is 9.90. The summed E-state index contributed by atoms with van der Waals surface area (Å²) in [6, 6.07) is 3.95. The number of piperidine rings is 1. The summed E-state index contributed by atoms with van der Waals surface area (Å²) in [6.45, 7) is 3.69. The largest absolute Gasteiger partial charge is 0.387 e. The first kappa shape index (κ1) is 15.2. The second-order valence-corrected chi connectivity index (χ2v) is 6.76. The molecule has 1 atom stereocenters. The molecule has 1 aliphatic rings. The van der Waals surface area contributed by atoms with Crippen molar-refractivity contribution in [2.75, 3.05) is 13.1 Å². The number of carbonyl (C=O) groups is 1. The molecule has 0 saturated carbocycles. The van der Waals surface area contributed by atoms with Crippen LogP contribution in [0.4, 0.5) is 0 Å². The van der Waals surface area contributed by atoms with E-state index in [1.807, 2.05) is 40.1 Å². The van der Waals surface area contributed by atoms with Crippen molar-refractivity contribution in [1.82, 2.24) is 14.5 Å². The quantitative estimate of drug-likeness (QED) is 0.940. The molecule has 22 heavy (non-hydrogen) atoms. The van der Waals surface area contributed by atoms with Crippen molar-refractivity contribution in [3.63, 3.8) is 0 Å². The monoisotopic (exact) mass is 319 g/mol. The van der Waals surface area contributed by atoms with Crippen LogP contribution in [-0.2, 0) is 11.3 Å². The van der Waals surface area contributed by atoms with E-state index in [-0.39, 0.29) is 11.8 Å². The third-order valence-corrected chi connectivity index (χ3v) is 5.35. The average Bonchev–Trinajstić information content (AvgIpc) is 3.19. The third-order valence-electron chi connectivity index (χ3n) is 4.40. The molecule has 1 N–H and O–H groups in total. The zero-order valence-electron chi connectivity index (χ0n) is 12.7. The van der Waals surface area contributed by atoms with Gasteiger partial charge in [-0.1, -0.05) is 6.07 Å². The fourth-order valence-corrected chi connectivity index (χ4v) is 3.78. The Balaban J connectivity index is 1.53. The van der Waals surface area contributed by atoms with Gasteiger partial charge in [-0.3, -0.25) is 4.79 Å². The molecule has 1 saturated heterocycles. The van der Waals surface area contributed by atoms with Crippen LogP contribution in [0.15, 0.2) is 29.9 Å². The first-order valence-electron chi connectivity index (χ1n) is 7.62. The smallest absolute Gasteiger partial charge is 0.242 e. The molecule has 0 bridgehead atoms. The first-order valence-corrected chi connectivity index (χ1v) is 8.50. The van der Waals surface area contributed by atoms with Crippen molar-refractivity contribution in [2.45, 2.75) is 32.4 Å². The SMILES string of the molecule is Cc1nccn1CC(=O)N1CCC(C(O)c2cccs2)CC1. The molecule has 3 rings (SSSR count). The molecule has 0 radical (unpaired) electrons. The summed E-state index contributed by atoms with van der Waals surface area (Å²) >= 11 is 1.60. The van der Waals surface area contributed by atoms with E-state index in [2.05, 4.69) is 4.98 Å². The van der Waals surface area contributed by atoms with E-state index < -0.39 is 6.10 Å². The van der Waals surface area contributed by atoms with Gasteiger partial charge in [-0.2, -0.15) is 0 Å². The van der Waals surface area contributed by atoms with Crippen molar-refractivity contribution in [3.05, 3.63) is 40.6 Å². The van der Waals surface area contributed by atoms with Crippen LogP contribution in [-0.4, -0.2) is 38.6 Å². The van der Waals surface area contributed by atoms with E-state index in [1.165, 1.54) is 0 Å². The molecule has 118 valence electrons. The number of nitrogens with zero attached hydrogens (tertiary/aromatic N) is 3. The van der Waals surface area contributed by atoms with Crippen LogP contribution in [0.25, 0.3) is 0 Å². The summed E-state index contributed by atoms with van der Waals surface area (Å²) in [5.41, 5.74) is 0. The van der Waals surface area contributed by atoms with E-state index in [1.54, 1.807) is 17.5 Å². The van der Waals surface area contributed by atoms with Gasteiger partial charge in [0.25, 0.3) is 0 Å². The zero-order chi connectivity index (χ0) is 15.5. The molecule has 2 aromatic rings. The van der Waals surface area contributed by atoms with Crippen molar-refractivity contribution in [2.24, 2.45) is 5.92 Å². The molecule has 1 amide bonds. The molecular formula is C16H21N3O2S. The van der Waals surface area contributed by atoms with Crippen LogP contribution in [0, 0.1) is 12.8 Å². The summed E-state index contributed by atoms with van der Waals surface area (Å²) in [4.78, 5) is 19.4. The molecular weight excluding hydrogens is 298 g/mol. The molecule has 0 spiro atoms. The molecule has 3 heterocycles. The van der Waals surface area contributed by atoms with Crippen LogP contribution in [0.1, 0.15) is 29.6 Å². The molecule has 6 heteroatoms. The molecule has 1 fully saturated rings. The van der Waals surface area contributed by atoms with Crippen molar-refractivity contribution < 1.29 is 9.90 Å². The Morgan fingerprint density at radius 2 is 2.27 bits per heavy atom. The van der Waals surface area contributed by atoms with Gasteiger partial charge in [0.1, 0.15) is 12.4 Å². The number of imidazole rings is 1. The van der Waals surface area contributed by atoms with Gasteiger partial charge in [0.15, 0.2) is 0 Å².